The van der Waals surface area contributed by atoms with Gasteiger partial charge in [0.2, 0.25) is 0 Å². The Labute approximate surface area is 127 Å². The van der Waals surface area contributed by atoms with Crippen molar-refractivity contribution >= 4 is 19.7 Å². The van der Waals surface area contributed by atoms with Gasteiger partial charge in [0.1, 0.15) is 9.84 Å². The summed E-state index contributed by atoms with van der Waals surface area (Å²) in [7, 11) is -6.43. The molecule has 0 radical (unpaired) electrons. The van der Waals surface area contributed by atoms with E-state index < -0.39 is 19.7 Å². The molecule has 1 heterocycles. The lowest BCUT2D eigenvalue weighted by Gasteiger charge is -2.17. The van der Waals surface area contributed by atoms with Gasteiger partial charge in [-0.1, -0.05) is 26.8 Å². The molecule has 0 unspecified atom stereocenters. The maximum absolute atomic E-state index is 11.9. The van der Waals surface area contributed by atoms with Gasteiger partial charge in [-0.15, -0.1) is 0 Å². The van der Waals surface area contributed by atoms with Gasteiger partial charge in [-0.2, -0.15) is 0 Å². The highest BCUT2D eigenvalue weighted by atomic mass is 32.2. The van der Waals surface area contributed by atoms with Gasteiger partial charge in [0.25, 0.3) is 0 Å². The van der Waals surface area contributed by atoms with E-state index in [9.17, 15) is 16.8 Å². The molecule has 0 spiro atoms. The second-order valence-corrected chi connectivity index (χ2v) is 10.8. The van der Waals surface area contributed by atoms with Gasteiger partial charge in [-0.05, 0) is 18.1 Å². The van der Waals surface area contributed by atoms with Crippen molar-refractivity contribution in [3.05, 3.63) is 29.6 Å². The molecule has 0 atom stereocenters. The van der Waals surface area contributed by atoms with Gasteiger partial charge >= 0.3 is 0 Å². The first kappa shape index (κ1) is 18.1. The van der Waals surface area contributed by atoms with Crippen molar-refractivity contribution in [1.29, 1.82) is 0 Å². The SMILES string of the molecule is CC(C)(C)c1ccc(CS(=O)(=O)CCCS(C)(=O)=O)cn1. The zero-order valence-corrected chi connectivity index (χ0v) is 14.6. The Balaban J connectivity index is 2.67. The van der Waals surface area contributed by atoms with Gasteiger partial charge in [0, 0.05) is 23.6 Å². The van der Waals surface area contributed by atoms with Gasteiger partial charge < -0.3 is 0 Å². The minimum atomic E-state index is -3.31. The van der Waals surface area contributed by atoms with Crippen LogP contribution >= 0.6 is 0 Å². The molecule has 1 rings (SSSR count). The highest BCUT2D eigenvalue weighted by Gasteiger charge is 2.17. The lowest BCUT2D eigenvalue weighted by Crippen LogP contribution is -2.15. The van der Waals surface area contributed by atoms with E-state index in [4.69, 9.17) is 0 Å². The summed E-state index contributed by atoms with van der Waals surface area (Å²) in [4.78, 5) is 4.29. The zero-order valence-electron chi connectivity index (χ0n) is 13.0. The first-order valence-electron chi connectivity index (χ1n) is 6.73. The lowest BCUT2D eigenvalue weighted by atomic mass is 9.91. The number of rotatable bonds is 6. The molecule has 1 aromatic rings. The van der Waals surface area contributed by atoms with Crippen LogP contribution in [0.3, 0.4) is 0 Å². The third kappa shape index (κ3) is 7.04. The largest absolute Gasteiger partial charge is 0.260 e. The summed E-state index contributed by atoms with van der Waals surface area (Å²) in [5, 5.41) is 0. The number of pyridine rings is 1. The monoisotopic (exact) mass is 333 g/mol. The molecule has 1 aromatic heterocycles. The molecule has 0 bridgehead atoms. The molecular formula is C14H23NO4S2. The van der Waals surface area contributed by atoms with E-state index in [0.29, 0.717) is 5.56 Å². The summed E-state index contributed by atoms with van der Waals surface area (Å²) in [6.45, 7) is 6.12. The molecule has 0 aromatic carbocycles. The second-order valence-electron chi connectivity index (χ2n) is 6.38. The molecule has 0 aliphatic rings. The van der Waals surface area contributed by atoms with Crippen LogP contribution < -0.4 is 0 Å². The smallest absolute Gasteiger partial charge is 0.154 e. The third-order valence-corrected chi connectivity index (χ3v) is 5.66. The number of hydrogen-bond donors (Lipinski definition) is 0. The fraction of sp³-hybridized carbons (Fsp3) is 0.643. The number of aromatic nitrogens is 1. The van der Waals surface area contributed by atoms with Crippen molar-refractivity contribution < 1.29 is 16.8 Å². The Bertz CT molecular complexity index is 669. The van der Waals surface area contributed by atoms with Crippen LogP contribution in [-0.4, -0.2) is 39.6 Å². The fourth-order valence-corrected chi connectivity index (χ4v) is 4.08. The summed E-state index contributed by atoms with van der Waals surface area (Å²) in [6, 6.07) is 3.60. The molecule has 0 saturated heterocycles. The van der Waals surface area contributed by atoms with Crippen molar-refractivity contribution in [3.63, 3.8) is 0 Å². The van der Waals surface area contributed by atoms with E-state index in [0.717, 1.165) is 11.9 Å². The zero-order chi connectivity index (χ0) is 16.3. The summed E-state index contributed by atoms with van der Waals surface area (Å²) in [6.07, 6.45) is 2.82. The van der Waals surface area contributed by atoms with Crippen molar-refractivity contribution in [3.8, 4) is 0 Å². The maximum atomic E-state index is 11.9. The Kier molecular flexibility index (Phi) is 5.55. The van der Waals surface area contributed by atoms with Crippen LogP contribution in [0.15, 0.2) is 18.3 Å². The van der Waals surface area contributed by atoms with E-state index in [1.807, 2.05) is 26.8 Å². The van der Waals surface area contributed by atoms with Crippen molar-refractivity contribution in [2.45, 2.75) is 38.4 Å². The van der Waals surface area contributed by atoms with Crippen molar-refractivity contribution in [2.75, 3.05) is 17.8 Å². The first-order valence-corrected chi connectivity index (χ1v) is 10.6. The summed E-state index contributed by atoms with van der Waals surface area (Å²) in [5.74, 6) is -0.331. The Morgan fingerprint density at radius 2 is 1.67 bits per heavy atom. The third-order valence-electron chi connectivity index (χ3n) is 2.95. The molecule has 0 aliphatic carbocycles. The Morgan fingerprint density at radius 1 is 1.05 bits per heavy atom. The van der Waals surface area contributed by atoms with Gasteiger partial charge in [0.15, 0.2) is 9.84 Å². The quantitative estimate of drug-likeness (QED) is 0.792. The van der Waals surface area contributed by atoms with E-state index in [1.165, 1.54) is 0 Å². The van der Waals surface area contributed by atoms with E-state index in [2.05, 4.69) is 4.98 Å². The van der Waals surface area contributed by atoms with Crippen molar-refractivity contribution in [1.82, 2.24) is 4.98 Å². The molecule has 0 aliphatic heterocycles. The van der Waals surface area contributed by atoms with Crippen LogP contribution in [0.4, 0.5) is 0 Å². The molecule has 0 saturated carbocycles. The summed E-state index contributed by atoms with van der Waals surface area (Å²) < 4.78 is 45.9. The van der Waals surface area contributed by atoms with E-state index >= 15 is 0 Å². The molecule has 0 fully saturated rings. The fourth-order valence-electron chi connectivity index (χ4n) is 1.82. The van der Waals surface area contributed by atoms with Crippen LogP contribution in [0.2, 0.25) is 0 Å². The Morgan fingerprint density at radius 3 is 2.10 bits per heavy atom. The molecule has 0 N–H and O–H groups in total. The molecule has 120 valence electrons. The predicted molar refractivity (Wildman–Crippen MR) is 84.8 cm³/mol. The van der Waals surface area contributed by atoms with Crippen molar-refractivity contribution in [2.24, 2.45) is 0 Å². The number of sulfone groups is 2. The minimum absolute atomic E-state index is 0.0765. The summed E-state index contributed by atoms with van der Waals surface area (Å²) in [5.41, 5.74) is 1.45. The van der Waals surface area contributed by atoms with Crippen LogP contribution in [0, 0.1) is 0 Å². The average molecular weight is 333 g/mol. The Hall–Kier alpha value is -0.950. The van der Waals surface area contributed by atoms with E-state index in [-0.39, 0.29) is 29.1 Å². The normalized spacial score (nSPS) is 13.3. The van der Waals surface area contributed by atoms with Gasteiger partial charge in [0.05, 0.1) is 17.3 Å². The topological polar surface area (TPSA) is 81.2 Å². The highest BCUT2D eigenvalue weighted by Crippen LogP contribution is 2.20. The number of nitrogens with zero attached hydrogens (tertiary/aromatic N) is 1. The lowest BCUT2D eigenvalue weighted by molar-refractivity contribution is 0.568. The highest BCUT2D eigenvalue weighted by molar-refractivity contribution is 7.91. The second kappa shape index (κ2) is 6.44. The molecule has 7 heteroatoms. The predicted octanol–water partition coefficient (Wildman–Crippen LogP) is 1.73. The van der Waals surface area contributed by atoms with Gasteiger partial charge in [-0.3, -0.25) is 4.98 Å². The van der Waals surface area contributed by atoms with Gasteiger partial charge in [-0.25, -0.2) is 16.8 Å². The average Bonchev–Trinajstić information content (AvgIpc) is 2.25. The molecule has 5 nitrogen and oxygen atoms in total. The molecule has 0 amide bonds. The van der Waals surface area contributed by atoms with Crippen LogP contribution in [0.1, 0.15) is 38.4 Å². The van der Waals surface area contributed by atoms with Crippen LogP contribution in [0.5, 0.6) is 0 Å². The maximum Gasteiger partial charge on any atom is 0.154 e. The van der Waals surface area contributed by atoms with E-state index in [1.54, 1.807) is 12.3 Å². The number of hydrogen-bond acceptors (Lipinski definition) is 5. The van der Waals surface area contributed by atoms with Crippen LogP contribution in [-0.2, 0) is 30.8 Å². The minimum Gasteiger partial charge on any atom is -0.260 e. The standard InChI is InChI=1S/C14H23NO4S2/c1-14(2,3)13-7-6-12(10-15-13)11-21(18,19)9-5-8-20(4,16)17/h6-7,10H,5,8-9,11H2,1-4H3. The van der Waals surface area contributed by atoms with Crippen LogP contribution in [0.25, 0.3) is 0 Å². The molecule has 21 heavy (non-hydrogen) atoms. The first-order chi connectivity index (χ1) is 9.39. The molecular weight excluding hydrogens is 310 g/mol. The summed E-state index contributed by atoms with van der Waals surface area (Å²) >= 11 is 0.